The topological polar surface area (TPSA) is 47.7 Å². The molecule has 0 spiro atoms. The molecule has 0 radical (unpaired) electrons. The molecule has 5 nitrogen and oxygen atoms in total. The number of benzene rings is 1. The van der Waals surface area contributed by atoms with Gasteiger partial charge < -0.3 is 9.88 Å². The Morgan fingerprint density at radius 3 is 2.90 bits per heavy atom. The Balaban J connectivity index is 1.87. The predicted molar refractivity (Wildman–Crippen MR) is 84.0 cm³/mol. The highest BCUT2D eigenvalue weighted by molar-refractivity contribution is 5.74. The molecule has 1 unspecified atom stereocenters. The summed E-state index contributed by atoms with van der Waals surface area (Å²) < 4.78 is 4.05. The molecule has 1 N–H and O–H groups in total. The molecule has 0 bridgehead atoms. The predicted octanol–water partition coefficient (Wildman–Crippen LogP) is 2.51. The lowest BCUT2D eigenvalue weighted by Gasteiger charge is -2.18. The molecule has 3 rings (SSSR count). The summed E-state index contributed by atoms with van der Waals surface area (Å²) in [4.78, 5) is 4.47. The molecule has 2 aromatic heterocycles. The fourth-order valence-electron chi connectivity index (χ4n) is 2.58. The van der Waals surface area contributed by atoms with E-state index < -0.39 is 0 Å². The molecular formula is C16H21N5. The Bertz CT molecular complexity index is 712. The number of para-hydroxylation sites is 2. The third kappa shape index (κ3) is 2.97. The number of hydrogen-bond donors (Lipinski definition) is 1. The first-order chi connectivity index (χ1) is 10.3. The van der Waals surface area contributed by atoms with Gasteiger partial charge >= 0.3 is 0 Å². The second kappa shape index (κ2) is 6.10. The highest BCUT2D eigenvalue weighted by Gasteiger charge is 2.14. The number of nitrogens with one attached hydrogen (secondary N) is 1. The van der Waals surface area contributed by atoms with Crippen molar-refractivity contribution in [1.29, 1.82) is 0 Å². The summed E-state index contributed by atoms with van der Waals surface area (Å²) in [6.07, 6.45) is 7.04. The van der Waals surface area contributed by atoms with Crippen molar-refractivity contribution in [2.75, 3.05) is 6.54 Å². The van der Waals surface area contributed by atoms with Crippen LogP contribution in [0, 0.1) is 0 Å². The zero-order valence-electron chi connectivity index (χ0n) is 12.5. The van der Waals surface area contributed by atoms with E-state index in [1.54, 1.807) is 0 Å². The minimum atomic E-state index is 0.247. The zero-order valence-corrected chi connectivity index (χ0v) is 12.5. The average molecular weight is 283 g/mol. The van der Waals surface area contributed by atoms with Crippen LogP contribution in [0.5, 0.6) is 0 Å². The third-order valence-corrected chi connectivity index (χ3v) is 3.67. The molecule has 0 aliphatic rings. The molecule has 3 aromatic rings. The van der Waals surface area contributed by atoms with Crippen LogP contribution in [0.25, 0.3) is 11.0 Å². The molecule has 1 atom stereocenters. The van der Waals surface area contributed by atoms with Crippen LogP contribution in [0.1, 0.15) is 24.9 Å². The molecule has 0 fully saturated rings. The standard InChI is InChI=1S/C16H21N5/c1-3-8-17-15(13-9-19-20(2)10-13)11-21-12-18-14-6-4-5-7-16(14)21/h4-7,9-10,12,15,17H,3,8,11H2,1-2H3. The second-order valence-electron chi connectivity index (χ2n) is 5.34. The Labute approximate surface area is 124 Å². The Morgan fingerprint density at radius 2 is 2.14 bits per heavy atom. The molecule has 0 amide bonds. The maximum absolute atomic E-state index is 4.47. The summed E-state index contributed by atoms with van der Waals surface area (Å²) in [6, 6.07) is 8.48. The first-order valence-corrected chi connectivity index (χ1v) is 7.39. The van der Waals surface area contributed by atoms with E-state index in [2.05, 4.69) is 45.2 Å². The van der Waals surface area contributed by atoms with Crippen LogP contribution < -0.4 is 5.32 Å². The highest BCUT2D eigenvalue weighted by atomic mass is 15.2. The van der Waals surface area contributed by atoms with E-state index in [0.29, 0.717) is 0 Å². The van der Waals surface area contributed by atoms with Gasteiger partial charge in [-0.1, -0.05) is 19.1 Å². The van der Waals surface area contributed by atoms with Gasteiger partial charge in [-0.05, 0) is 25.1 Å². The van der Waals surface area contributed by atoms with Crippen LogP contribution in [-0.2, 0) is 13.6 Å². The molecule has 0 saturated carbocycles. The van der Waals surface area contributed by atoms with Crippen LogP contribution in [0.2, 0.25) is 0 Å². The maximum Gasteiger partial charge on any atom is 0.0958 e. The van der Waals surface area contributed by atoms with Gasteiger partial charge in [0.2, 0.25) is 0 Å². The molecule has 2 heterocycles. The molecule has 0 saturated heterocycles. The van der Waals surface area contributed by atoms with Gasteiger partial charge in [-0.3, -0.25) is 4.68 Å². The van der Waals surface area contributed by atoms with E-state index in [1.165, 1.54) is 11.1 Å². The lowest BCUT2D eigenvalue weighted by Crippen LogP contribution is -2.25. The van der Waals surface area contributed by atoms with Gasteiger partial charge in [-0.2, -0.15) is 5.10 Å². The molecule has 0 aliphatic heterocycles. The SMILES string of the molecule is CCCNC(Cn1cnc2ccccc21)c1cnn(C)c1. The van der Waals surface area contributed by atoms with Crippen LogP contribution in [0.15, 0.2) is 43.0 Å². The van der Waals surface area contributed by atoms with Crippen LogP contribution in [0.4, 0.5) is 0 Å². The molecule has 21 heavy (non-hydrogen) atoms. The van der Waals surface area contributed by atoms with E-state index in [0.717, 1.165) is 25.0 Å². The van der Waals surface area contributed by atoms with Gasteiger partial charge in [-0.15, -0.1) is 0 Å². The first-order valence-electron chi connectivity index (χ1n) is 7.39. The van der Waals surface area contributed by atoms with E-state index in [9.17, 15) is 0 Å². The molecule has 1 aromatic carbocycles. The molecule has 0 aliphatic carbocycles. The second-order valence-corrected chi connectivity index (χ2v) is 5.34. The lowest BCUT2D eigenvalue weighted by molar-refractivity contribution is 0.468. The van der Waals surface area contributed by atoms with E-state index in [1.807, 2.05) is 36.4 Å². The van der Waals surface area contributed by atoms with Gasteiger partial charge in [-0.25, -0.2) is 4.98 Å². The number of nitrogens with zero attached hydrogens (tertiary/aromatic N) is 4. The summed E-state index contributed by atoms with van der Waals surface area (Å²) >= 11 is 0. The summed E-state index contributed by atoms with van der Waals surface area (Å²) in [5.74, 6) is 0. The van der Waals surface area contributed by atoms with Crippen molar-refractivity contribution in [2.24, 2.45) is 7.05 Å². The van der Waals surface area contributed by atoms with Crippen molar-refractivity contribution in [2.45, 2.75) is 25.9 Å². The number of aromatic nitrogens is 4. The summed E-state index contributed by atoms with van der Waals surface area (Å²) in [6.45, 7) is 4.03. The monoisotopic (exact) mass is 283 g/mol. The molecule has 110 valence electrons. The number of fused-ring (bicyclic) bond motifs is 1. The lowest BCUT2D eigenvalue weighted by atomic mass is 10.1. The Morgan fingerprint density at radius 1 is 1.29 bits per heavy atom. The van der Waals surface area contributed by atoms with Crippen molar-refractivity contribution in [3.05, 3.63) is 48.5 Å². The Kier molecular flexibility index (Phi) is 4.01. The number of rotatable bonds is 6. The van der Waals surface area contributed by atoms with Gasteiger partial charge in [0.1, 0.15) is 0 Å². The summed E-state index contributed by atoms with van der Waals surface area (Å²) in [5.41, 5.74) is 3.42. The van der Waals surface area contributed by atoms with Gasteiger partial charge in [0.15, 0.2) is 0 Å². The Hall–Kier alpha value is -2.14. The largest absolute Gasteiger partial charge is 0.329 e. The quantitative estimate of drug-likeness (QED) is 0.756. The van der Waals surface area contributed by atoms with E-state index >= 15 is 0 Å². The maximum atomic E-state index is 4.47. The minimum absolute atomic E-state index is 0.247. The number of imidazole rings is 1. The smallest absolute Gasteiger partial charge is 0.0958 e. The van der Waals surface area contributed by atoms with Crippen LogP contribution in [-0.4, -0.2) is 25.9 Å². The normalized spacial score (nSPS) is 12.9. The molecular weight excluding hydrogens is 262 g/mol. The molecule has 5 heteroatoms. The zero-order chi connectivity index (χ0) is 14.7. The number of aryl methyl sites for hydroxylation is 1. The fourth-order valence-corrected chi connectivity index (χ4v) is 2.58. The van der Waals surface area contributed by atoms with Gasteiger partial charge in [0, 0.05) is 25.4 Å². The third-order valence-electron chi connectivity index (χ3n) is 3.67. The van der Waals surface area contributed by atoms with Crippen molar-refractivity contribution >= 4 is 11.0 Å². The summed E-state index contributed by atoms with van der Waals surface area (Å²) in [5, 5.41) is 7.89. The van der Waals surface area contributed by atoms with Gasteiger partial charge in [0.25, 0.3) is 0 Å². The first kappa shape index (κ1) is 13.8. The van der Waals surface area contributed by atoms with Gasteiger partial charge in [0.05, 0.1) is 29.6 Å². The minimum Gasteiger partial charge on any atom is -0.329 e. The van der Waals surface area contributed by atoms with Crippen LogP contribution >= 0.6 is 0 Å². The average Bonchev–Trinajstić information content (AvgIpc) is 3.10. The van der Waals surface area contributed by atoms with E-state index in [-0.39, 0.29) is 6.04 Å². The highest BCUT2D eigenvalue weighted by Crippen LogP contribution is 2.18. The van der Waals surface area contributed by atoms with Crippen LogP contribution in [0.3, 0.4) is 0 Å². The van der Waals surface area contributed by atoms with Crippen molar-refractivity contribution in [1.82, 2.24) is 24.6 Å². The van der Waals surface area contributed by atoms with Crippen molar-refractivity contribution < 1.29 is 0 Å². The summed E-state index contributed by atoms with van der Waals surface area (Å²) in [7, 11) is 1.95. The fraction of sp³-hybridized carbons (Fsp3) is 0.375. The number of hydrogen-bond acceptors (Lipinski definition) is 3. The van der Waals surface area contributed by atoms with Crippen molar-refractivity contribution in [3.63, 3.8) is 0 Å². The van der Waals surface area contributed by atoms with E-state index in [4.69, 9.17) is 0 Å². The van der Waals surface area contributed by atoms with Crippen molar-refractivity contribution in [3.8, 4) is 0 Å².